The van der Waals surface area contributed by atoms with Gasteiger partial charge in [-0.2, -0.15) is 0 Å². The Morgan fingerprint density at radius 1 is 1.25 bits per heavy atom. The van der Waals surface area contributed by atoms with Gasteiger partial charge in [0.15, 0.2) is 5.96 Å². The molecule has 0 bridgehead atoms. The number of carbonyl (C=O) groups excluding carboxylic acids is 1. The average Bonchev–Trinajstić information content (AvgIpc) is 2.67. The van der Waals surface area contributed by atoms with Crippen molar-refractivity contribution in [2.24, 2.45) is 10.9 Å². The third-order valence-electron chi connectivity index (χ3n) is 4.73. The second kappa shape index (κ2) is 10.9. The number of rotatable bonds is 6. The van der Waals surface area contributed by atoms with Crippen LogP contribution in [0.5, 0.6) is 0 Å². The highest BCUT2D eigenvalue weighted by atomic mass is 16.6. The van der Waals surface area contributed by atoms with Crippen LogP contribution in [0.3, 0.4) is 0 Å². The van der Waals surface area contributed by atoms with Crippen LogP contribution in [0.1, 0.15) is 45.6 Å². The van der Waals surface area contributed by atoms with Gasteiger partial charge in [0.05, 0.1) is 0 Å². The molecule has 1 saturated heterocycles. The minimum atomic E-state index is -0.450. The van der Waals surface area contributed by atoms with Gasteiger partial charge in [0, 0.05) is 33.2 Å². The molecule has 156 valence electrons. The predicted molar refractivity (Wildman–Crippen MR) is 115 cm³/mol. The van der Waals surface area contributed by atoms with Crippen molar-refractivity contribution in [2.75, 3.05) is 33.2 Å². The third-order valence-corrected chi connectivity index (χ3v) is 4.73. The zero-order chi connectivity index (χ0) is 20.4. The van der Waals surface area contributed by atoms with Crippen molar-refractivity contribution in [1.29, 1.82) is 0 Å². The van der Waals surface area contributed by atoms with E-state index in [-0.39, 0.29) is 6.09 Å². The van der Waals surface area contributed by atoms with Gasteiger partial charge in [-0.15, -0.1) is 0 Å². The number of aryl methyl sites for hydroxylation is 1. The van der Waals surface area contributed by atoms with Crippen molar-refractivity contribution >= 4 is 12.1 Å². The molecule has 1 amide bonds. The average molecular weight is 389 g/mol. The summed E-state index contributed by atoms with van der Waals surface area (Å²) in [5.41, 5.74) is 0.908. The number of hydrogen-bond acceptors (Lipinski definition) is 3. The molecule has 2 N–H and O–H groups in total. The van der Waals surface area contributed by atoms with Crippen molar-refractivity contribution in [1.82, 2.24) is 15.5 Å². The van der Waals surface area contributed by atoms with E-state index in [4.69, 9.17) is 4.74 Å². The van der Waals surface area contributed by atoms with Crippen LogP contribution in [0.25, 0.3) is 0 Å². The molecule has 1 fully saturated rings. The van der Waals surface area contributed by atoms with Crippen molar-refractivity contribution in [3.05, 3.63) is 35.9 Å². The Balaban J connectivity index is 1.68. The Bertz CT molecular complexity index is 625. The van der Waals surface area contributed by atoms with E-state index in [0.717, 1.165) is 57.8 Å². The van der Waals surface area contributed by atoms with E-state index in [9.17, 15) is 4.79 Å². The van der Waals surface area contributed by atoms with Crippen molar-refractivity contribution in [2.45, 2.75) is 52.1 Å². The van der Waals surface area contributed by atoms with E-state index in [2.05, 4.69) is 39.9 Å². The fraction of sp³-hybridized carbons (Fsp3) is 0.636. The first-order valence-electron chi connectivity index (χ1n) is 10.3. The van der Waals surface area contributed by atoms with Crippen molar-refractivity contribution < 1.29 is 9.53 Å². The molecule has 1 heterocycles. The molecule has 1 unspecified atom stereocenters. The zero-order valence-corrected chi connectivity index (χ0v) is 17.8. The molecule has 0 spiro atoms. The normalized spacial score (nSPS) is 17.9. The van der Waals surface area contributed by atoms with Crippen molar-refractivity contribution in [3.8, 4) is 0 Å². The molecular formula is C22H36N4O2. The van der Waals surface area contributed by atoms with Gasteiger partial charge in [0.25, 0.3) is 0 Å². The van der Waals surface area contributed by atoms with E-state index < -0.39 is 5.60 Å². The number of nitrogens with one attached hydrogen (secondary N) is 2. The SMILES string of the molecule is CN=C(NCCCc1ccccc1)NCC1CCCN(C(=O)OC(C)(C)C)C1. The van der Waals surface area contributed by atoms with Gasteiger partial charge in [0.2, 0.25) is 0 Å². The minimum absolute atomic E-state index is 0.208. The van der Waals surface area contributed by atoms with E-state index in [0.29, 0.717) is 5.92 Å². The summed E-state index contributed by atoms with van der Waals surface area (Å²) < 4.78 is 5.50. The highest BCUT2D eigenvalue weighted by Gasteiger charge is 2.27. The molecule has 1 aliphatic heterocycles. The molecule has 6 nitrogen and oxygen atoms in total. The predicted octanol–water partition coefficient (Wildman–Crippen LogP) is 3.43. The Labute approximate surface area is 169 Å². The summed E-state index contributed by atoms with van der Waals surface area (Å²) in [4.78, 5) is 18.4. The molecule has 0 aromatic heterocycles. The zero-order valence-electron chi connectivity index (χ0n) is 17.8. The van der Waals surface area contributed by atoms with Crippen molar-refractivity contribution in [3.63, 3.8) is 0 Å². The summed E-state index contributed by atoms with van der Waals surface area (Å²) in [6, 6.07) is 10.5. The number of piperidine rings is 1. The summed E-state index contributed by atoms with van der Waals surface area (Å²) in [7, 11) is 1.79. The molecule has 0 saturated carbocycles. The third kappa shape index (κ3) is 8.19. The van der Waals surface area contributed by atoms with Gasteiger partial charge in [-0.3, -0.25) is 4.99 Å². The van der Waals surface area contributed by atoms with Gasteiger partial charge >= 0.3 is 6.09 Å². The first-order valence-corrected chi connectivity index (χ1v) is 10.3. The molecule has 1 aromatic rings. The number of guanidine groups is 1. The van der Waals surface area contributed by atoms with Gasteiger partial charge in [-0.05, 0) is 57.9 Å². The van der Waals surface area contributed by atoms with E-state index >= 15 is 0 Å². The topological polar surface area (TPSA) is 66.0 Å². The summed E-state index contributed by atoms with van der Waals surface area (Å²) >= 11 is 0. The van der Waals surface area contributed by atoms with Gasteiger partial charge < -0.3 is 20.3 Å². The van der Waals surface area contributed by atoms with Gasteiger partial charge in [0.1, 0.15) is 5.60 Å². The summed E-state index contributed by atoms with van der Waals surface area (Å²) in [6.45, 7) is 8.90. The van der Waals surface area contributed by atoms with Crippen LogP contribution in [-0.2, 0) is 11.2 Å². The van der Waals surface area contributed by atoms with Crippen LogP contribution in [0.15, 0.2) is 35.3 Å². The van der Waals surface area contributed by atoms with Crippen LogP contribution >= 0.6 is 0 Å². The van der Waals surface area contributed by atoms with Crippen LogP contribution < -0.4 is 10.6 Å². The summed E-state index contributed by atoms with van der Waals surface area (Å²) in [5.74, 6) is 1.23. The Kier molecular flexibility index (Phi) is 8.61. The minimum Gasteiger partial charge on any atom is -0.444 e. The first kappa shape index (κ1) is 22.1. The molecule has 0 aliphatic carbocycles. The van der Waals surface area contributed by atoms with Gasteiger partial charge in [-0.25, -0.2) is 4.79 Å². The number of hydrogen-bond donors (Lipinski definition) is 2. The molecule has 28 heavy (non-hydrogen) atoms. The molecule has 1 atom stereocenters. The maximum Gasteiger partial charge on any atom is 0.410 e. The lowest BCUT2D eigenvalue weighted by Gasteiger charge is -2.34. The van der Waals surface area contributed by atoms with Gasteiger partial charge in [-0.1, -0.05) is 30.3 Å². The quantitative estimate of drug-likeness (QED) is 0.445. The standard InChI is InChI=1S/C22H36N4O2/c1-22(2,3)28-21(27)26-15-9-13-19(17-26)16-25-20(23-4)24-14-8-12-18-10-6-5-7-11-18/h5-7,10-11,19H,8-9,12-17H2,1-4H3,(H2,23,24,25). The monoisotopic (exact) mass is 388 g/mol. The Morgan fingerprint density at radius 3 is 2.68 bits per heavy atom. The molecule has 1 aliphatic rings. The number of nitrogens with zero attached hydrogens (tertiary/aromatic N) is 2. The van der Waals surface area contributed by atoms with E-state index in [1.54, 1.807) is 7.05 Å². The van der Waals surface area contributed by atoms with Crippen LogP contribution in [0.4, 0.5) is 4.79 Å². The number of benzene rings is 1. The number of carbonyl (C=O) groups is 1. The maximum absolute atomic E-state index is 12.3. The lowest BCUT2D eigenvalue weighted by atomic mass is 9.98. The van der Waals surface area contributed by atoms with Crippen LogP contribution in [-0.4, -0.2) is 55.8 Å². The smallest absolute Gasteiger partial charge is 0.410 e. The highest BCUT2D eigenvalue weighted by molar-refractivity contribution is 5.79. The van der Waals surface area contributed by atoms with Crippen LogP contribution in [0, 0.1) is 5.92 Å². The molecule has 0 radical (unpaired) electrons. The maximum atomic E-state index is 12.3. The van der Waals surface area contributed by atoms with E-state index in [1.807, 2.05) is 31.7 Å². The largest absolute Gasteiger partial charge is 0.444 e. The second-order valence-corrected chi connectivity index (χ2v) is 8.40. The van der Waals surface area contributed by atoms with E-state index in [1.165, 1.54) is 5.56 Å². The Morgan fingerprint density at radius 2 is 2.00 bits per heavy atom. The molecule has 2 rings (SSSR count). The summed E-state index contributed by atoms with van der Waals surface area (Å²) in [6.07, 6.45) is 4.02. The molecule has 6 heteroatoms. The number of amides is 1. The second-order valence-electron chi connectivity index (χ2n) is 8.40. The Hall–Kier alpha value is -2.24. The number of ether oxygens (including phenoxy) is 1. The lowest BCUT2D eigenvalue weighted by molar-refractivity contribution is 0.0168. The molecule has 1 aromatic carbocycles. The first-order chi connectivity index (χ1) is 13.4. The highest BCUT2D eigenvalue weighted by Crippen LogP contribution is 2.18. The number of aliphatic imine (C=N–C) groups is 1. The fourth-order valence-electron chi connectivity index (χ4n) is 3.33. The van der Waals surface area contributed by atoms with Crippen LogP contribution in [0.2, 0.25) is 0 Å². The number of likely N-dealkylation sites (tertiary alicyclic amines) is 1. The fourth-order valence-corrected chi connectivity index (χ4v) is 3.33. The molecular weight excluding hydrogens is 352 g/mol. The summed E-state index contributed by atoms with van der Waals surface area (Å²) in [5, 5.41) is 6.78. The lowest BCUT2D eigenvalue weighted by Crippen LogP contribution is -2.47.